The van der Waals surface area contributed by atoms with E-state index < -0.39 is 11.5 Å². The molecule has 5 nitrogen and oxygen atoms in total. The van der Waals surface area contributed by atoms with Crippen molar-refractivity contribution >= 4 is 12.0 Å². The van der Waals surface area contributed by atoms with Gasteiger partial charge in [-0.2, -0.15) is 0 Å². The molecule has 0 radical (unpaired) electrons. The number of aliphatic carboxylic acids is 1. The van der Waals surface area contributed by atoms with Gasteiger partial charge in [-0.3, -0.25) is 4.79 Å². The molecule has 124 valence electrons. The molecular weight excluding hydrogens is 268 g/mol. The predicted octanol–water partition coefficient (Wildman–Crippen LogP) is 3.44. The Morgan fingerprint density at radius 3 is 1.86 bits per heavy atom. The number of amides is 2. The van der Waals surface area contributed by atoms with Gasteiger partial charge in [0.05, 0.1) is 0 Å². The van der Waals surface area contributed by atoms with Gasteiger partial charge in [-0.1, -0.05) is 27.7 Å². The summed E-state index contributed by atoms with van der Waals surface area (Å²) in [5, 5.41) is 9.10. The van der Waals surface area contributed by atoms with E-state index in [1.807, 2.05) is 25.7 Å². The molecule has 0 bridgehead atoms. The fraction of sp³-hybridized carbons (Fsp3) is 0.875. The van der Waals surface area contributed by atoms with Crippen molar-refractivity contribution in [2.45, 2.75) is 72.9 Å². The molecular formula is C16H32N2O3. The topological polar surface area (TPSA) is 60.9 Å². The van der Waals surface area contributed by atoms with E-state index in [0.29, 0.717) is 12.5 Å². The predicted molar refractivity (Wildman–Crippen MR) is 85.4 cm³/mol. The molecule has 0 spiro atoms. The van der Waals surface area contributed by atoms with E-state index in [-0.39, 0.29) is 18.6 Å². The number of urea groups is 1. The summed E-state index contributed by atoms with van der Waals surface area (Å²) in [5.74, 6) is -0.631. The summed E-state index contributed by atoms with van der Waals surface area (Å²) in [7, 11) is 0. The Hall–Kier alpha value is -1.26. The van der Waals surface area contributed by atoms with Crippen LogP contribution in [-0.4, -0.2) is 51.6 Å². The molecule has 1 N–H and O–H groups in total. The average Bonchev–Trinajstić information content (AvgIpc) is 2.33. The van der Waals surface area contributed by atoms with Gasteiger partial charge in [0, 0.05) is 18.1 Å². The van der Waals surface area contributed by atoms with Gasteiger partial charge in [-0.15, -0.1) is 0 Å². The van der Waals surface area contributed by atoms with Crippen LogP contribution in [-0.2, 0) is 4.79 Å². The van der Waals surface area contributed by atoms with E-state index >= 15 is 0 Å². The second-order valence-electron chi connectivity index (χ2n) is 6.95. The van der Waals surface area contributed by atoms with E-state index in [2.05, 4.69) is 27.7 Å². The van der Waals surface area contributed by atoms with Gasteiger partial charge < -0.3 is 14.9 Å². The highest BCUT2D eigenvalue weighted by molar-refractivity contribution is 5.81. The number of hydrogen-bond donors (Lipinski definition) is 1. The third-order valence-electron chi connectivity index (χ3n) is 3.52. The van der Waals surface area contributed by atoms with Crippen LogP contribution < -0.4 is 0 Å². The second kappa shape index (κ2) is 8.25. The van der Waals surface area contributed by atoms with Gasteiger partial charge in [0.15, 0.2) is 0 Å². The van der Waals surface area contributed by atoms with Crippen molar-refractivity contribution in [2.24, 2.45) is 5.92 Å². The molecule has 0 saturated heterocycles. The van der Waals surface area contributed by atoms with Crippen LogP contribution in [0.2, 0.25) is 0 Å². The van der Waals surface area contributed by atoms with E-state index in [4.69, 9.17) is 5.11 Å². The van der Waals surface area contributed by atoms with Crippen molar-refractivity contribution in [1.29, 1.82) is 0 Å². The Morgan fingerprint density at radius 1 is 1.10 bits per heavy atom. The summed E-state index contributed by atoms with van der Waals surface area (Å²) in [6, 6.07) is -0.0224. The van der Waals surface area contributed by atoms with Crippen LogP contribution in [0.25, 0.3) is 0 Å². The van der Waals surface area contributed by atoms with Gasteiger partial charge in [0.1, 0.15) is 6.54 Å². The molecule has 0 aromatic rings. The number of carboxylic acids is 1. The molecule has 21 heavy (non-hydrogen) atoms. The van der Waals surface area contributed by atoms with Crippen LogP contribution in [0.5, 0.6) is 0 Å². The Kier molecular flexibility index (Phi) is 7.75. The number of carboxylic acid groups (broad SMARTS) is 1. The standard InChI is InChI=1S/C16H32N2O3/c1-8-13(9-2)17(10-12(3)4)15(21)18(11-14(19)20)16(5,6)7/h12-13H,8-11H2,1-7H3,(H,19,20). The van der Waals surface area contributed by atoms with Crippen molar-refractivity contribution in [2.75, 3.05) is 13.1 Å². The molecule has 2 amide bonds. The summed E-state index contributed by atoms with van der Waals surface area (Å²) in [5.41, 5.74) is -0.517. The molecule has 0 atom stereocenters. The molecule has 0 heterocycles. The lowest BCUT2D eigenvalue weighted by Gasteiger charge is -2.41. The summed E-state index contributed by atoms with van der Waals surface area (Å²) in [4.78, 5) is 27.3. The highest BCUT2D eigenvalue weighted by Crippen LogP contribution is 2.20. The Bertz CT molecular complexity index is 344. The highest BCUT2D eigenvalue weighted by Gasteiger charge is 2.34. The van der Waals surface area contributed by atoms with Crippen LogP contribution in [0.1, 0.15) is 61.3 Å². The van der Waals surface area contributed by atoms with Gasteiger partial charge in [0.25, 0.3) is 0 Å². The van der Waals surface area contributed by atoms with E-state index in [0.717, 1.165) is 12.8 Å². The molecule has 0 rings (SSSR count). The average molecular weight is 300 g/mol. The molecule has 0 unspecified atom stereocenters. The number of carbonyl (C=O) groups is 2. The van der Waals surface area contributed by atoms with Crippen molar-refractivity contribution < 1.29 is 14.7 Å². The molecule has 0 aromatic carbocycles. The van der Waals surface area contributed by atoms with Crippen LogP contribution in [0.15, 0.2) is 0 Å². The first-order chi connectivity index (χ1) is 9.54. The summed E-state index contributed by atoms with van der Waals surface area (Å²) in [6.07, 6.45) is 1.75. The van der Waals surface area contributed by atoms with Crippen LogP contribution in [0.4, 0.5) is 4.79 Å². The maximum atomic E-state index is 12.9. The zero-order valence-corrected chi connectivity index (χ0v) is 14.6. The van der Waals surface area contributed by atoms with Crippen LogP contribution in [0, 0.1) is 5.92 Å². The first-order valence-corrected chi connectivity index (χ1v) is 7.84. The minimum Gasteiger partial charge on any atom is -0.480 e. The van der Waals surface area contributed by atoms with E-state index in [9.17, 15) is 9.59 Å². The monoisotopic (exact) mass is 300 g/mol. The van der Waals surface area contributed by atoms with Gasteiger partial charge in [-0.05, 0) is 39.5 Å². The Balaban J connectivity index is 5.42. The zero-order chi connectivity index (χ0) is 16.8. The van der Waals surface area contributed by atoms with Crippen LogP contribution in [0.3, 0.4) is 0 Å². The minimum absolute atomic E-state index is 0.151. The summed E-state index contributed by atoms with van der Waals surface area (Å²) < 4.78 is 0. The first-order valence-electron chi connectivity index (χ1n) is 7.84. The Morgan fingerprint density at radius 2 is 1.57 bits per heavy atom. The zero-order valence-electron chi connectivity index (χ0n) is 14.6. The normalized spacial score (nSPS) is 11.9. The molecule has 0 aromatic heterocycles. The number of nitrogens with zero attached hydrogens (tertiary/aromatic N) is 2. The lowest BCUT2D eigenvalue weighted by Crippen LogP contribution is -2.56. The third-order valence-corrected chi connectivity index (χ3v) is 3.52. The van der Waals surface area contributed by atoms with Crippen molar-refractivity contribution in [3.05, 3.63) is 0 Å². The maximum Gasteiger partial charge on any atom is 0.323 e. The second-order valence-corrected chi connectivity index (χ2v) is 6.95. The molecule has 0 fully saturated rings. The lowest BCUT2D eigenvalue weighted by atomic mass is 10.0. The van der Waals surface area contributed by atoms with Crippen molar-refractivity contribution in [3.63, 3.8) is 0 Å². The van der Waals surface area contributed by atoms with Crippen molar-refractivity contribution in [1.82, 2.24) is 9.80 Å². The third kappa shape index (κ3) is 6.36. The first kappa shape index (κ1) is 19.7. The van der Waals surface area contributed by atoms with Gasteiger partial charge in [-0.25, -0.2) is 4.79 Å². The molecule has 0 saturated carbocycles. The molecule has 5 heteroatoms. The highest BCUT2D eigenvalue weighted by atomic mass is 16.4. The number of hydrogen-bond acceptors (Lipinski definition) is 2. The van der Waals surface area contributed by atoms with Crippen molar-refractivity contribution in [3.8, 4) is 0 Å². The van der Waals surface area contributed by atoms with Gasteiger partial charge >= 0.3 is 12.0 Å². The lowest BCUT2D eigenvalue weighted by molar-refractivity contribution is -0.138. The SMILES string of the molecule is CCC(CC)N(CC(C)C)C(=O)N(CC(=O)O)C(C)(C)C. The Labute approximate surface area is 129 Å². The number of carbonyl (C=O) groups excluding carboxylic acids is 1. The quantitative estimate of drug-likeness (QED) is 0.783. The van der Waals surface area contributed by atoms with Crippen LogP contribution >= 0.6 is 0 Å². The fourth-order valence-corrected chi connectivity index (χ4v) is 2.39. The van der Waals surface area contributed by atoms with E-state index in [1.165, 1.54) is 4.90 Å². The number of rotatable bonds is 7. The van der Waals surface area contributed by atoms with Gasteiger partial charge in [0.2, 0.25) is 0 Å². The maximum absolute atomic E-state index is 12.9. The molecule has 0 aliphatic carbocycles. The minimum atomic E-state index is -0.979. The summed E-state index contributed by atoms with van der Waals surface area (Å²) >= 11 is 0. The molecule has 0 aliphatic heterocycles. The smallest absolute Gasteiger partial charge is 0.323 e. The largest absolute Gasteiger partial charge is 0.480 e. The summed E-state index contributed by atoms with van der Waals surface area (Å²) in [6.45, 7) is 14.3. The molecule has 0 aliphatic rings. The van der Waals surface area contributed by atoms with E-state index in [1.54, 1.807) is 0 Å². The fourth-order valence-electron chi connectivity index (χ4n) is 2.39.